The highest BCUT2D eigenvalue weighted by Gasteiger charge is 2.23. The van der Waals surface area contributed by atoms with Crippen molar-refractivity contribution in [1.82, 2.24) is 20.2 Å². The second kappa shape index (κ2) is 9.81. The number of nitrogens with one attached hydrogen (secondary N) is 1. The van der Waals surface area contributed by atoms with E-state index < -0.39 is 12.5 Å². The molecular weight excluding hydrogens is 400 g/mol. The highest BCUT2D eigenvalue weighted by Crippen LogP contribution is 2.29. The van der Waals surface area contributed by atoms with Crippen LogP contribution in [-0.4, -0.2) is 73.1 Å². The fraction of sp³-hybridized carbons (Fsp3) is 0.368. The van der Waals surface area contributed by atoms with Crippen LogP contribution in [0.1, 0.15) is 10.4 Å². The summed E-state index contributed by atoms with van der Waals surface area (Å²) in [5.41, 5.74) is 0.160. The van der Waals surface area contributed by atoms with Gasteiger partial charge in [0.05, 0.1) is 13.7 Å². The molecule has 30 heavy (non-hydrogen) atoms. The first-order valence-electron chi connectivity index (χ1n) is 9.18. The summed E-state index contributed by atoms with van der Waals surface area (Å²) in [6.07, 6.45) is 3.33. The zero-order valence-electron chi connectivity index (χ0n) is 16.3. The van der Waals surface area contributed by atoms with E-state index in [4.69, 9.17) is 4.74 Å². The molecule has 1 fully saturated rings. The van der Waals surface area contributed by atoms with Crippen molar-refractivity contribution in [2.24, 2.45) is 0 Å². The average molecular weight is 421 g/mol. The SMILES string of the molecule is COc1cc(C(=O)NCC(=O)N2CCN(c3ncccn3)CC2)ccc1OC(F)F. The monoisotopic (exact) mass is 421 g/mol. The maximum absolute atomic E-state index is 12.4. The van der Waals surface area contributed by atoms with Gasteiger partial charge in [0.15, 0.2) is 11.5 Å². The smallest absolute Gasteiger partial charge is 0.387 e. The average Bonchev–Trinajstić information content (AvgIpc) is 2.77. The van der Waals surface area contributed by atoms with E-state index in [0.29, 0.717) is 32.1 Å². The lowest BCUT2D eigenvalue weighted by molar-refractivity contribution is -0.130. The number of carbonyl (C=O) groups is 2. The Hall–Kier alpha value is -3.50. The number of alkyl halides is 2. The Morgan fingerprint density at radius 2 is 1.83 bits per heavy atom. The van der Waals surface area contributed by atoms with Crippen LogP contribution < -0.4 is 19.7 Å². The molecule has 9 nitrogen and oxygen atoms in total. The van der Waals surface area contributed by atoms with Gasteiger partial charge in [-0.25, -0.2) is 9.97 Å². The van der Waals surface area contributed by atoms with Gasteiger partial charge in [0, 0.05) is 44.1 Å². The molecule has 0 unspecified atom stereocenters. The minimum absolute atomic E-state index is 0.00599. The second-order valence-electron chi connectivity index (χ2n) is 6.34. The Balaban J connectivity index is 1.50. The minimum Gasteiger partial charge on any atom is -0.493 e. The summed E-state index contributed by atoms with van der Waals surface area (Å²) in [4.78, 5) is 36.8. The van der Waals surface area contributed by atoms with E-state index in [9.17, 15) is 18.4 Å². The number of hydrogen-bond donors (Lipinski definition) is 1. The number of nitrogens with zero attached hydrogens (tertiary/aromatic N) is 4. The topological polar surface area (TPSA) is 96.9 Å². The normalized spacial score (nSPS) is 13.9. The number of methoxy groups -OCH3 is 1. The highest BCUT2D eigenvalue weighted by molar-refractivity contribution is 5.97. The summed E-state index contributed by atoms with van der Waals surface area (Å²) >= 11 is 0. The molecule has 1 aliphatic rings. The fourth-order valence-electron chi connectivity index (χ4n) is 2.98. The van der Waals surface area contributed by atoms with Crippen molar-refractivity contribution in [3.63, 3.8) is 0 Å². The van der Waals surface area contributed by atoms with Crippen molar-refractivity contribution in [2.45, 2.75) is 6.61 Å². The number of piperazine rings is 1. The third kappa shape index (κ3) is 5.31. The molecule has 0 atom stereocenters. The zero-order chi connectivity index (χ0) is 21.5. The van der Waals surface area contributed by atoms with Crippen molar-refractivity contribution in [3.05, 3.63) is 42.2 Å². The summed E-state index contributed by atoms with van der Waals surface area (Å²) in [7, 11) is 1.28. The van der Waals surface area contributed by atoms with Crippen LogP contribution in [0.4, 0.5) is 14.7 Å². The molecule has 2 amide bonds. The number of halogens is 2. The van der Waals surface area contributed by atoms with Crippen molar-refractivity contribution in [1.29, 1.82) is 0 Å². The molecule has 0 bridgehead atoms. The number of anilines is 1. The summed E-state index contributed by atoms with van der Waals surface area (Å²) in [5.74, 6) is -0.316. The van der Waals surface area contributed by atoms with Crippen molar-refractivity contribution in [2.75, 3.05) is 44.7 Å². The number of ether oxygens (including phenoxy) is 2. The maximum atomic E-state index is 12.4. The molecular formula is C19H21F2N5O4. The van der Waals surface area contributed by atoms with Gasteiger partial charge in [-0.05, 0) is 24.3 Å². The number of amides is 2. The van der Waals surface area contributed by atoms with Gasteiger partial charge in [0.25, 0.3) is 5.91 Å². The molecule has 1 aliphatic heterocycles. The fourth-order valence-corrected chi connectivity index (χ4v) is 2.98. The molecule has 0 saturated carbocycles. The number of rotatable bonds is 7. The third-order valence-corrected chi connectivity index (χ3v) is 4.51. The lowest BCUT2D eigenvalue weighted by Crippen LogP contribution is -2.51. The summed E-state index contributed by atoms with van der Waals surface area (Å²) < 4.78 is 34.1. The van der Waals surface area contributed by atoms with Gasteiger partial charge in [-0.2, -0.15) is 8.78 Å². The molecule has 11 heteroatoms. The van der Waals surface area contributed by atoms with E-state index in [-0.39, 0.29) is 29.5 Å². The van der Waals surface area contributed by atoms with Gasteiger partial charge in [0.1, 0.15) is 0 Å². The van der Waals surface area contributed by atoms with E-state index in [1.54, 1.807) is 23.4 Å². The van der Waals surface area contributed by atoms with Crippen LogP contribution in [0.25, 0.3) is 0 Å². The van der Waals surface area contributed by atoms with Crippen molar-refractivity contribution >= 4 is 17.8 Å². The molecule has 1 saturated heterocycles. The largest absolute Gasteiger partial charge is 0.493 e. The molecule has 160 valence electrons. The Morgan fingerprint density at radius 1 is 1.13 bits per heavy atom. The Morgan fingerprint density at radius 3 is 2.47 bits per heavy atom. The maximum Gasteiger partial charge on any atom is 0.387 e. The summed E-state index contributed by atoms with van der Waals surface area (Å²) in [6, 6.07) is 5.54. The summed E-state index contributed by atoms with van der Waals surface area (Å²) in [5, 5.41) is 2.54. The number of aromatic nitrogens is 2. The van der Waals surface area contributed by atoms with Crippen LogP contribution in [0.5, 0.6) is 11.5 Å². The van der Waals surface area contributed by atoms with Gasteiger partial charge in [-0.3, -0.25) is 9.59 Å². The molecule has 0 spiro atoms. The summed E-state index contributed by atoms with van der Waals surface area (Å²) in [6.45, 7) is -1.04. The number of benzene rings is 1. The second-order valence-corrected chi connectivity index (χ2v) is 6.34. The molecule has 2 aromatic rings. The van der Waals surface area contributed by atoms with Gasteiger partial charge in [-0.1, -0.05) is 0 Å². The molecule has 1 aromatic heterocycles. The minimum atomic E-state index is -3.01. The first-order chi connectivity index (χ1) is 14.5. The first kappa shape index (κ1) is 21.2. The van der Waals surface area contributed by atoms with E-state index in [1.165, 1.54) is 25.3 Å². The van der Waals surface area contributed by atoms with E-state index in [2.05, 4.69) is 20.0 Å². The molecule has 1 aromatic carbocycles. The molecule has 3 rings (SSSR count). The Kier molecular flexibility index (Phi) is 6.94. The van der Waals surface area contributed by atoms with Gasteiger partial charge in [-0.15, -0.1) is 0 Å². The van der Waals surface area contributed by atoms with Gasteiger partial charge < -0.3 is 24.6 Å². The molecule has 1 N–H and O–H groups in total. The third-order valence-electron chi connectivity index (χ3n) is 4.51. The molecule has 0 radical (unpaired) electrons. The quantitative estimate of drug-likeness (QED) is 0.717. The van der Waals surface area contributed by atoms with Crippen molar-refractivity contribution < 1.29 is 27.8 Å². The lowest BCUT2D eigenvalue weighted by atomic mass is 10.2. The van der Waals surface area contributed by atoms with Crippen LogP contribution in [0.15, 0.2) is 36.7 Å². The van der Waals surface area contributed by atoms with Gasteiger partial charge in [0.2, 0.25) is 11.9 Å². The van der Waals surface area contributed by atoms with Crippen LogP contribution in [-0.2, 0) is 4.79 Å². The highest BCUT2D eigenvalue weighted by atomic mass is 19.3. The van der Waals surface area contributed by atoms with E-state index in [1.807, 2.05) is 4.90 Å². The first-order valence-corrected chi connectivity index (χ1v) is 9.18. The van der Waals surface area contributed by atoms with E-state index in [0.717, 1.165) is 0 Å². The predicted molar refractivity (Wildman–Crippen MR) is 103 cm³/mol. The molecule has 0 aliphatic carbocycles. The Labute approximate surface area is 171 Å². The standard InChI is InChI=1S/C19H21F2N5O4/c1-29-15-11-13(3-4-14(15)30-18(20)21)17(28)24-12-16(27)25-7-9-26(10-8-25)19-22-5-2-6-23-19/h2-6,11,18H,7-10,12H2,1H3,(H,24,28). The predicted octanol–water partition coefficient (Wildman–Crippen LogP) is 1.17. The van der Waals surface area contributed by atoms with Crippen LogP contribution in [0, 0.1) is 0 Å². The molecule has 2 heterocycles. The van der Waals surface area contributed by atoms with Crippen molar-refractivity contribution in [3.8, 4) is 11.5 Å². The lowest BCUT2D eigenvalue weighted by Gasteiger charge is -2.34. The zero-order valence-corrected chi connectivity index (χ0v) is 16.3. The van der Waals surface area contributed by atoms with Crippen LogP contribution in [0.3, 0.4) is 0 Å². The number of hydrogen-bond acceptors (Lipinski definition) is 7. The van der Waals surface area contributed by atoms with Crippen LogP contribution >= 0.6 is 0 Å². The van der Waals surface area contributed by atoms with Gasteiger partial charge >= 0.3 is 6.61 Å². The Bertz CT molecular complexity index is 876. The number of carbonyl (C=O) groups excluding carboxylic acids is 2. The van der Waals surface area contributed by atoms with Crippen LogP contribution in [0.2, 0.25) is 0 Å². The van der Waals surface area contributed by atoms with E-state index >= 15 is 0 Å².